The summed E-state index contributed by atoms with van der Waals surface area (Å²) in [5, 5.41) is 12.7. The lowest BCUT2D eigenvalue weighted by atomic mass is 9.90. The topological polar surface area (TPSA) is 104 Å². The number of morpholine rings is 1. The Morgan fingerprint density at radius 2 is 1.63 bits per heavy atom. The van der Waals surface area contributed by atoms with Gasteiger partial charge in [-0.2, -0.15) is 13.2 Å². The number of hydrogen-bond acceptors (Lipinski definition) is 6. The summed E-state index contributed by atoms with van der Waals surface area (Å²) in [6, 6.07) is 15.0. The van der Waals surface area contributed by atoms with Crippen molar-refractivity contribution in [1.82, 2.24) is 14.8 Å². The van der Waals surface area contributed by atoms with E-state index in [0.29, 0.717) is 37.2 Å². The minimum Gasteiger partial charge on any atom is -0.480 e. The number of amides is 1. The van der Waals surface area contributed by atoms with Crippen molar-refractivity contribution in [3.05, 3.63) is 111 Å². The summed E-state index contributed by atoms with van der Waals surface area (Å²) in [6.45, 7) is 1.66. The van der Waals surface area contributed by atoms with Gasteiger partial charge in [0.05, 0.1) is 29.4 Å². The van der Waals surface area contributed by atoms with Crippen LogP contribution in [-0.4, -0.2) is 78.9 Å². The van der Waals surface area contributed by atoms with E-state index in [0.717, 1.165) is 16.7 Å². The average molecular weight is 723 g/mol. The molecule has 1 unspecified atom stereocenters. The molecular formula is C38H35F5N4O5. The van der Waals surface area contributed by atoms with Crippen molar-refractivity contribution in [2.75, 3.05) is 45.2 Å². The van der Waals surface area contributed by atoms with Crippen molar-refractivity contribution in [3.8, 4) is 11.1 Å². The number of carbonyl (C=O) groups is 2. The van der Waals surface area contributed by atoms with E-state index < -0.39 is 64.4 Å². The molecule has 2 N–H and O–H groups in total. The van der Waals surface area contributed by atoms with Crippen LogP contribution in [0.2, 0.25) is 0 Å². The van der Waals surface area contributed by atoms with Gasteiger partial charge in [0.25, 0.3) is 11.5 Å². The molecule has 0 aliphatic carbocycles. The van der Waals surface area contributed by atoms with Crippen LogP contribution in [0, 0.1) is 11.6 Å². The van der Waals surface area contributed by atoms with Gasteiger partial charge in [-0.15, -0.1) is 0 Å². The van der Waals surface area contributed by atoms with Gasteiger partial charge in [0.1, 0.15) is 23.2 Å². The van der Waals surface area contributed by atoms with Crippen molar-refractivity contribution in [2.45, 2.75) is 24.7 Å². The Kier molecular flexibility index (Phi) is 10.1. The Hall–Kier alpha value is -5.34. The Morgan fingerprint density at radius 1 is 0.981 bits per heavy atom. The summed E-state index contributed by atoms with van der Waals surface area (Å²) < 4.78 is 81.7. The summed E-state index contributed by atoms with van der Waals surface area (Å²) in [4.78, 5) is 42.9. The maximum atomic E-state index is 15.4. The zero-order chi connectivity index (χ0) is 37.5. The van der Waals surface area contributed by atoms with E-state index in [9.17, 15) is 32.7 Å². The van der Waals surface area contributed by atoms with E-state index in [1.807, 2.05) is 19.0 Å². The highest BCUT2D eigenvalue weighted by molar-refractivity contribution is 6.02. The molecule has 52 heavy (non-hydrogen) atoms. The number of alkyl halides is 3. The summed E-state index contributed by atoms with van der Waals surface area (Å²) in [5.41, 5.74) is -2.93. The molecule has 6 rings (SSSR count). The zero-order valence-electron chi connectivity index (χ0n) is 28.4. The molecule has 1 aromatic heterocycles. The number of nitrogens with one attached hydrogen (secondary N) is 1. The van der Waals surface area contributed by atoms with Gasteiger partial charge in [0, 0.05) is 44.2 Å². The van der Waals surface area contributed by atoms with Crippen LogP contribution in [0.4, 0.5) is 27.6 Å². The summed E-state index contributed by atoms with van der Waals surface area (Å²) in [6.07, 6.45) is -5.50. The summed E-state index contributed by atoms with van der Waals surface area (Å²) in [7, 11) is 5.13. The number of rotatable bonds is 9. The number of likely N-dealkylation sites (N-methyl/N-ethyl adjacent to an activating group) is 1. The van der Waals surface area contributed by atoms with Crippen molar-refractivity contribution >= 4 is 39.2 Å². The number of hydrogen-bond donors (Lipinski definition) is 2. The lowest BCUT2D eigenvalue weighted by Crippen LogP contribution is -2.46. The number of ether oxygens (including phenoxy) is 1. The number of benzene rings is 4. The molecule has 1 amide bonds. The third kappa shape index (κ3) is 7.08. The van der Waals surface area contributed by atoms with Crippen molar-refractivity contribution in [2.24, 2.45) is 7.05 Å². The molecule has 5 aromatic rings. The molecule has 2 heterocycles. The van der Waals surface area contributed by atoms with E-state index in [1.165, 1.54) is 61.6 Å². The Balaban J connectivity index is 1.33. The Labute approximate surface area is 294 Å². The molecule has 1 aliphatic heterocycles. The molecular weight excluding hydrogens is 687 g/mol. The second-order valence-corrected chi connectivity index (χ2v) is 13.0. The van der Waals surface area contributed by atoms with Gasteiger partial charge >= 0.3 is 12.1 Å². The number of anilines is 1. The molecule has 272 valence electrons. The maximum Gasteiger partial charge on any atom is 0.417 e. The highest BCUT2D eigenvalue weighted by Crippen LogP contribution is 2.42. The molecule has 0 spiro atoms. The fourth-order valence-electron chi connectivity index (χ4n) is 6.89. The molecule has 0 saturated carbocycles. The summed E-state index contributed by atoms with van der Waals surface area (Å²) in [5.74, 6) is -5.17. The number of aryl methyl sites for hydroxylation is 1. The Morgan fingerprint density at radius 3 is 2.31 bits per heavy atom. The highest BCUT2D eigenvalue weighted by Gasteiger charge is 2.38. The molecule has 0 bridgehead atoms. The zero-order valence-corrected chi connectivity index (χ0v) is 28.4. The maximum absolute atomic E-state index is 15.4. The number of aliphatic carboxylic acids is 1. The third-order valence-corrected chi connectivity index (χ3v) is 9.22. The van der Waals surface area contributed by atoms with Gasteiger partial charge in [-0.25, -0.2) is 13.6 Å². The van der Waals surface area contributed by atoms with E-state index in [1.54, 1.807) is 11.0 Å². The standard InChI is InChI=1S/C38H35F5N4O5/c1-45(2)19-23-20-47(14-15-52-23)22-17-28(39)33(29(40)18-22)35(48)44-30(37(50)51)16-21-8-6-11-25-24(21)10-7-12-26(25)32-34(38(41,42)43)27-9-4-5-13-31(27)46(3)36(32)49/h4-13,17-18,23,30H,14-16,19-20H2,1-3H3,(H,44,48)(H,50,51)/t23?,30-/m0/s1. The highest BCUT2D eigenvalue weighted by atomic mass is 19.4. The smallest absolute Gasteiger partial charge is 0.417 e. The van der Waals surface area contributed by atoms with E-state index in [4.69, 9.17) is 4.74 Å². The van der Waals surface area contributed by atoms with Gasteiger partial charge < -0.3 is 29.5 Å². The van der Waals surface area contributed by atoms with Crippen LogP contribution < -0.4 is 15.8 Å². The number of halogens is 5. The van der Waals surface area contributed by atoms with Gasteiger partial charge in [-0.1, -0.05) is 54.6 Å². The van der Waals surface area contributed by atoms with E-state index in [2.05, 4.69) is 5.32 Å². The predicted octanol–water partition coefficient (Wildman–Crippen LogP) is 5.85. The molecule has 0 radical (unpaired) electrons. The molecule has 4 aromatic carbocycles. The second-order valence-electron chi connectivity index (χ2n) is 13.0. The predicted molar refractivity (Wildman–Crippen MR) is 187 cm³/mol. The number of aromatic nitrogens is 1. The van der Waals surface area contributed by atoms with Crippen LogP contribution in [0.15, 0.2) is 77.6 Å². The van der Waals surface area contributed by atoms with Gasteiger partial charge in [0.2, 0.25) is 0 Å². The molecule has 1 aliphatic rings. The average Bonchev–Trinajstić information content (AvgIpc) is 3.08. The monoisotopic (exact) mass is 722 g/mol. The minimum atomic E-state index is -4.90. The fourth-order valence-corrected chi connectivity index (χ4v) is 6.89. The molecule has 9 nitrogen and oxygen atoms in total. The van der Waals surface area contributed by atoms with E-state index in [-0.39, 0.29) is 33.6 Å². The first-order valence-electron chi connectivity index (χ1n) is 16.4. The molecule has 2 atom stereocenters. The van der Waals surface area contributed by atoms with Crippen LogP contribution in [0.3, 0.4) is 0 Å². The number of para-hydroxylation sites is 1. The largest absolute Gasteiger partial charge is 0.480 e. The van der Waals surface area contributed by atoms with Crippen LogP contribution in [0.1, 0.15) is 21.5 Å². The first kappa shape index (κ1) is 36.5. The van der Waals surface area contributed by atoms with Crippen molar-refractivity contribution in [1.29, 1.82) is 0 Å². The van der Waals surface area contributed by atoms with Crippen LogP contribution in [0.5, 0.6) is 0 Å². The minimum absolute atomic E-state index is 0.0218. The first-order valence-corrected chi connectivity index (χ1v) is 16.4. The second kappa shape index (κ2) is 14.4. The number of fused-ring (bicyclic) bond motifs is 2. The van der Waals surface area contributed by atoms with Gasteiger partial charge in [0.15, 0.2) is 0 Å². The SMILES string of the molecule is CN(C)CC1CN(c2cc(F)c(C(=O)N[C@@H](Cc3cccc4c(-c5c(C(F)(F)F)c6ccccc6n(C)c5=O)cccc34)C(=O)O)c(F)c2)CCO1. The number of carboxylic acids is 1. The van der Waals surface area contributed by atoms with Crippen LogP contribution in [0.25, 0.3) is 32.8 Å². The molecule has 1 saturated heterocycles. The number of pyridine rings is 1. The number of carboxylic acid groups (broad SMARTS) is 1. The van der Waals surface area contributed by atoms with Crippen molar-refractivity contribution in [3.63, 3.8) is 0 Å². The van der Waals surface area contributed by atoms with Crippen LogP contribution >= 0.6 is 0 Å². The van der Waals surface area contributed by atoms with Gasteiger partial charge in [-0.3, -0.25) is 9.59 Å². The normalized spacial score (nSPS) is 15.7. The fraction of sp³-hybridized carbons (Fsp3) is 0.289. The van der Waals surface area contributed by atoms with E-state index >= 15 is 8.78 Å². The van der Waals surface area contributed by atoms with Crippen molar-refractivity contribution < 1.29 is 41.4 Å². The molecule has 1 fully saturated rings. The number of carbonyl (C=O) groups excluding carboxylic acids is 1. The first-order chi connectivity index (χ1) is 24.6. The molecule has 14 heteroatoms. The van der Waals surface area contributed by atoms with Crippen LogP contribution in [-0.2, 0) is 29.2 Å². The third-order valence-electron chi connectivity index (χ3n) is 9.22. The summed E-state index contributed by atoms with van der Waals surface area (Å²) >= 11 is 0. The lowest BCUT2D eigenvalue weighted by Gasteiger charge is -2.35. The quantitative estimate of drug-likeness (QED) is 0.184. The Bertz CT molecular complexity index is 2230. The van der Waals surface area contributed by atoms with Gasteiger partial charge in [-0.05, 0) is 54.2 Å². The lowest BCUT2D eigenvalue weighted by molar-refractivity contribution is -0.139. The number of nitrogens with zero attached hydrogens (tertiary/aromatic N) is 3.